The molecule has 1 aromatic heterocycles. The number of hydrogen-bond donors (Lipinski definition) is 0. The van der Waals surface area contributed by atoms with E-state index >= 15 is 0 Å². The van der Waals surface area contributed by atoms with E-state index in [1.165, 1.54) is 0 Å². The molecule has 4 rings (SSSR count). The average molecular weight is 507 g/mol. The first-order valence-corrected chi connectivity index (χ1v) is 12.7. The van der Waals surface area contributed by atoms with Crippen LogP contribution in [0, 0.1) is 0 Å². The second-order valence-corrected chi connectivity index (χ2v) is 9.38. The summed E-state index contributed by atoms with van der Waals surface area (Å²) in [5.74, 6) is 0.303. The molecule has 0 aliphatic carbocycles. The van der Waals surface area contributed by atoms with Gasteiger partial charge in [0.1, 0.15) is 12.6 Å². The van der Waals surface area contributed by atoms with Crippen LogP contribution < -0.4 is 0 Å². The van der Waals surface area contributed by atoms with Crippen LogP contribution in [0.2, 0.25) is 5.02 Å². The Kier molecular flexibility index (Phi) is 8.54. The van der Waals surface area contributed by atoms with Crippen molar-refractivity contribution >= 4 is 23.4 Å². The van der Waals surface area contributed by atoms with Crippen molar-refractivity contribution in [2.24, 2.45) is 0 Å². The van der Waals surface area contributed by atoms with Gasteiger partial charge in [0.25, 0.3) is 0 Å². The van der Waals surface area contributed by atoms with Crippen molar-refractivity contribution < 1.29 is 14.1 Å². The van der Waals surface area contributed by atoms with Crippen molar-refractivity contribution in [2.45, 2.75) is 44.6 Å². The summed E-state index contributed by atoms with van der Waals surface area (Å²) in [7, 11) is 0. The number of piperidine rings is 1. The maximum absolute atomic E-state index is 13.5. The maximum atomic E-state index is 13.5. The molecule has 2 heterocycles. The molecule has 7 nitrogen and oxygen atoms in total. The second kappa shape index (κ2) is 12.0. The Balaban J connectivity index is 1.52. The Bertz CT molecular complexity index is 1200. The number of nitrogens with zero attached hydrogens (tertiary/aromatic N) is 4. The Labute approximate surface area is 216 Å². The number of benzene rings is 2. The molecule has 1 fully saturated rings. The summed E-state index contributed by atoms with van der Waals surface area (Å²) < 4.78 is 5.60. The summed E-state index contributed by atoms with van der Waals surface area (Å²) in [5, 5.41) is 4.71. The van der Waals surface area contributed by atoms with Gasteiger partial charge in [-0.05, 0) is 43.4 Å². The Morgan fingerprint density at radius 3 is 2.75 bits per heavy atom. The van der Waals surface area contributed by atoms with Crippen LogP contribution in [0.1, 0.15) is 56.0 Å². The highest BCUT2D eigenvalue weighted by Crippen LogP contribution is 2.32. The van der Waals surface area contributed by atoms with E-state index in [-0.39, 0.29) is 30.3 Å². The maximum Gasteiger partial charge on any atom is 0.249 e. The van der Waals surface area contributed by atoms with E-state index in [0.717, 1.165) is 30.4 Å². The van der Waals surface area contributed by atoms with E-state index in [1.54, 1.807) is 28.0 Å². The molecule has 3 aromatic rings. The predicted molar refractivity (Wildman–Crippen MR) is 139 cm³/mol. The van der Waals surface area contributed by atoms with Gasteiger partial charge in [-0.15, -0.1) is 6.58 Å². The minimum absolute atomic E-state index is 0.0278. The molecular formula is C28H31ClN4O3. The standard InChI is InChI=1S/C28H31ClN4O3/c1-3-16-32(28(35)23(4-2)20-11-6-5-7-12-20)19-25(34)33-17-9-8-15-24(33)27-30-26(31-36-27)21-13-10-14-22(29)18-21/h3,5-7,10-14,18,23-24H,1,4,8-9,15-17,19H2,2H3. The molecule has 2 atom stereocenters. The van der Waals surface area contributed by atoms with E-state index < -0.39 is 0 Å². The quantitative estimate of drug-likeness (QED) is 0.350. The molecule has 188 valence electrons. The summed E-state index contributed by atoms with van der Waals surface area (Å²) in [4.78, 5) is 35.0. The van der Waals surface area contributed by atoms with Gasteiger partial charge in [-0.3, -0.25) is 9.59 Å². The first-order valence-electron chi connectivity index (χ1n) is 12.4. The number of hydrogen-bond acceptors (Lipinski definition) is 5. The molecular weight excluding hydrogens is 476 g/mol. The van der Waals surface area contributed by atoms with Gasteiger partial charge in [0.2, 0.25) is 23.5 Å². The van der Waals surface area contributed by atoms with Gasteiger partial charge >= 0.3 is 0 Å². The predicted octanol–water partition coefficient (Wildman–Crippen LogP) is 5.65. The fourth-order valence-electron chi connectivity index (χ4n) is 4.70. The number of halogens is 1. The average Bonchev–Trinajstić information content (AvgIpc) is 3.40. The van der Waals surface area contributed by atoms with Crippen molar-refractivity contribution in [1.29, 1.82) is 0 Å². The zero-order chi connectivity index (χ0) is 25.5. The number of rotatable bonds is 9. The molecule has 0 saturated carbocycles. The van der Waals surface area contributed by atoms with Crippen molar-refractivity contribution in [3.8, 4) is 11.4 Å². The molecule has 0 radical (unpaired) electrons. The van der Waals surface area contributed by atoms with Gasteiger partial charge in [0.15, 0.2) is 0 Å². The monoisotopic (exact) mass is 506 g/mol. The molecule has 1 aliphatic rings. The van der Waals surface area contributed by atoms with E-state index in [4.69, 9.17) is 16.1 Å². The van der Waals surface area contributed by atoms with Gasteiger partial charge in [-0.1, -0.05) is 72.2 Å². The Morgan fingerprint density at radius 1 is 1.22 bits per heavy atom. The summed E-state index contributed by atoms with van der Waals surface area (Å²) in [6.45, 7) is 6.63. The van der Waals surface area contributed by atoms with Crippen molar-refractivity contribution in [2.75, 3.05) is 19.6 Å². The highest BCUT2D eigenvalue weighted by Gasteiger charge is 2.34. The minimum atomic E-state index is -0.330. The summed E-state index contributed by atoms with van der Waals surface area (Å²) in [6.07, 6.45) is 4.86. The van der Waals surface area contributed by atoms with Gasteiger partial charge in [0, 0.05) is 23.7 Å². The summed E-state index contributed by atoms with van der Waals surface area (Å²) in [6, 6.07) is 16.6. The number of aromatic nitrogens is 2. The molecule has 0 bridgehead atoms. The molecule has 8 heteroatoms. The zero-order valence-corrected chi connectivity index (χ0v) is 21.2. The Hall–Kier alpha value is -3.45. The van der Waals surface area contributed by atoms with Crippen molar-refractivity contribution in [1.82, 2.24) is 19.9 Å². The van der Waals surface area contributed by atoms with Gasteiger partial charge in [0.05, 0.1) is 5.92 Å². The van der Waals surface area contributed by atoms with Crippen LogP contribution in [0.5, 0.6) is 0 Å². The third-order valence-electron chi connectivity index (χ3n) is 6.53. The van der Waals surface area contributed by atoms with Crippen LogP contribution in [-0.4, -0.2) is 51.4 Å². The highest BCUT2D eigenvalue weighted by molar-refractivity contribution is 6.30. The van der Waals surface area contributed by atoms with Crippen molar-refractivity contribution in [3.63, 3.8) is 0 Å². The van der Waals surface area contributed by atoms with Crippen molar-refractivity contribution in [3.05, 3.63) is 83.7 Å². The largest absolute Gasteiger partial charge is 0.337 e. The SMILES string of the molecule is C=CCN(CC(=O)N1CCCCC1c1nc(-c2cccc(Cl)c2)no1)C(=O)C(CC)c1ccccc1. The second-order valence-electron chi connectivity index (χ2n) is 8.94. The van der Waals surface area contributed by atoms with Crippen LogP contribution in [0.4, 0.5) is 0 Å². The smallest absolute Gasteiger partial charge is 0.249 e. The fourth-order valence-corrected chi connectivity index (χ4v) is 4.89. The first-order chi connectivity index (χ1) is 17.5. The zero-order valence-electron chi connectivity index (χ0n) is 20.5. The van der Waals surface area contributed by atoms with Crippen LogP contribution in [-0.2, 0) is 9.59 Å². The lowest BCUT2D eigenvalue weighted by Gasteiger charge is -2.35. The third kappa shape index (κ3) is 5.85. The lowest BCUT2D eigenvalue weighted by atomic mass is 9.95. The van der Waals surface area contributed by atoms with Crippen LogP contribution in [0.15, 0.2) is 71.8 Å². The van der Waals surface area contributed by atoms with Crippen LogP contribution in [0.25, 0.3) is 11.4 Å². The minimum Gasteiger partial charge on any atom is -0.337 e. The molecule has 2 aromatic carbocycles. The first kappa shape index (κ1) is 25.6. The van der Waals surface area contributed by atoms with E-state index in [2.05, 4.69) is 16.7 Å². The normalized spacial score (nSPS) is 16.4. The van der Waals surface area contributed by atoms with E-state index in [9.17, 15) is 9.59 Å². The number of carbonyl (C=O) groups excluding carboxylic acids is 2. The Morgan fingerprint density at radius 2 is 2.03 bits per heavy atom. The fraction of sp³-hybridized carbons (Fsp3) is 0.357. The third-order valence-corrected chi connectivity index (χ3v) is 6.76. The summed E-state index contributed by atoms with van der Waals surface area (Å²) in [5.41, 5.74) is 1.70. The lowest BCUT2D eigenvalue weighted by molar-refractivity contribution is -0.143. The van der Waals surface area contributed by atoms with E-state index in [0.29, 0.717) is 36.2 Å². The van der Waals surface area contributed by atoms with Crippen LogP contribution >= 0.6 is 11.6 Å². The van der Waals surface area contributed by atoms with Gasteiger partial charge in [-0.2, -0.15) is 4.98 Å². The number of carbonyl (C=O) groups is 2. The van der Waals surface area contributed by atoms with E-state index in [1.807, 2.05) is 49.4 Å². The molecule has 2 amide bonds. The van der Waals surface area contributed by atoms with Gasteiger partial charge < -0.3 is 14.3 Å². The summed E-state index contributed by atoms with van der Waals surface area (Å²) >= 11 is 6.11. The molecule has 1 aliphatic heterocycles. The molecule has 1 saturated heterocycles. The molecule has 36 heavy (non-hydrogen) atoms. The lowest BCUT2D eigenvalue weighted by Crippen LogP contribution is -2.47. The topological polar surface area (TPSA) is 79.5 Å². The number of likely N-dealkylation sites (tertiary alicyclic amines) is 1. The van der Waals surface area contributed by atoms with Gasteiger partial charge in [-0.25, -0.2) is 0 Å². The number of amides is 2. The molecule has 0 spiro atoms. The molecule has 0 N–H and O–H groups in total. The molecule has 2 unspecified atom stereocenters. The van der Waals surface area contributed by atoms with Crippen LogP contribution in [0.3, 0.4) is 0 Å². The highest BCUT2D eigenvalue weighted by atomic mass is 35.5.